The Bertz CT molecular complexity index is 1110. The molecular weight excluding hydrogens is 528 g/mol. The maximum atomic E-state index is 13.5. The molecule has 7 nitrogen and oxygen atoms in total. The maximum Gasteiger partial charge on any atom is 0.223 e. The van der Waals surface area contributed by atoms with Crippen molar-refractivity contribution in [1.82, 2.24) is 10.6 Å². The van der Waals surface area contributed by atoms with E-state index in [0.717, 1.165) is 36.8 Å². The number of carbonyl (C=O) groups excluding carboxylic acids is 3. The number of ether oxygens (including phenoxy) is 1. The molecule has 0 spiro atoms. The van der Waals surface area contributed by atoms with Crippen LogP contribution in [0, 0.1) is 24.7 Å². The van der Waals surface area contributed by atoms with Gasteiger partial charge >= 0.3 is 0 Å². The molecule has 1 aliphatic rings. The molecule has 1 saturated carbocycles. The van der Waals surface area contributed by atoms with E-state index in [9.17, 15) is 19.5 Å². The minimum atomic E-state index is -0.829. The Morgan fingerprint density at radius 3 is 2.24 bits per heavy atom. The number of rotatable bonds is 16. The molecule has 7 heteroatoms. The topological polar surface area (TPSA) is 105 Å². The van der Waals surface area contributed by atoms with Gasteiger partial charge in [-0.2, -0.15) is 0 Å². The number of aryl methyl sites for hydroxylation is 1. The molecule has 230 valence electrons. The van der Waals surface area contributed by atoms with Gasteiger partial charge in [0.2, 0.25) is 11.8 Å². The summed E-state index contributed by atoms with van der Waals surface area (Å²) in [5.74, 6) is 0.617. The number of hydrogen-bond donors (Lipinski definition) is 3. The van der Waals surface area contributed by atoms with Gasteiger partial charge in [0.05, 0.1) is 31.2 Å². The van der Waals surface area contributed by atoms with Gasteiger partial charge in [-0.15, -0.1) is 0 Å². The van der Waals surface area contributed by atoms with E-state index in [1.807, 2.05) is 75.4 Å². The van der Waals surface area contributed by atoms with Crippen molar-refractivity contribution in [3.05, 3.63) is 65.7 Å². The predicted molar refractivity (Wildman–Crippen MR) is 166 cm³/mol. The van der Waals surface area contributed by atoms with Crippen molar-refractivity contribution in [2.24, 2.45) is 17.8 Å². The lowest BCUT2D eigenvalue weighted by atomic mass is 9.74. The van der Waals surface area contributed by atoms with Crippen molar-refractivity contribution in [3.8, 4) is 5.75 Å². The van der Waals surface area contributed by atoms with Crippen LogP contribution in [0.25, 0.3) is 0 Å². The summed E-state index contributed by atoms with van der Waals surface area (Å²) in [6.07, 6.45) is 6.04. The summed E-state index contributed by atoms with van der Waals surface area (Å²) >= 11 is 0. The molecule has 2 aromatic carbocycles. The van der Waals surface area contributed by atoms with Crippen molar-refractivity contribution < 1.29 is 24.2 Å². The van der Waals surface area contributed by atoms with E-state index in [0.29, 0.717) is 30.9 Å². The van der Waals surface area contributed by atoms with E-state index in [2.05, 4.69) is 10.6 Å². The van der Waals surface area contributed by atoms with Gasteiger partial charge in [0.15, 0.2) is 5.78 Å². The summed E-state index contributed by atoms with van der Waals surface area (Å²) < 4.78 is 5.76. The minimum absolute atomic E-state index is 0.0138. The molecule has 3 N–H and O–H groups in total. The number of carbonyl (C=O) groups is 3. The Labute approximate surface area is 251 Å². The zero-order valence-electron chi connectivity index (χ0n) is 25.8. The van der Waals surface area contributed by atoms with Crippen LogP contribution in [0.15, 0.2) is 54.6 Å². The zero-order valence-corrected chi connectivity index (χ0v) is 25.8. The summed E-state index contributed by atoms with van der Waals surface area (Å²) in [6, 6.07) is 16.5. The second-order valence-corrected chi connectivity index (χ2v) is 12.3. The molecule has 2 amide bonds. The van der Waals surface area contributed by atoms with Crippen molar-refractivity contribution in [2.75, 3.05) is 6.61 Å². The van der Waals surface area contributed by atoms with E-state index >= 15 is 0 Å². The second kappa shape index (κ2) is 17.1. The second-order valence-electron chi connectivity index (χ2n) is 12.3. The molecule has 2 aromatic rings. The van der Waals surface area contributed by atoms with Crippen molar-refractivity contribution >= 4 is 17.6 Å². The SMILES string of the molecule is CC(=O)N[C@H](C(=O)C[C@H](C[C@H](O)[C@H](Cc1ccccc1)NC(=O)CCOc1ccc(C)cc1)C1CCCCC1)C(C)C. The fourth-order valence-corrected chi connectivity index (χ4v) is 6.07. The fraction of sp³-hybridized carbons (Fsp3) is 0.571. The molecule has 0 aromatic heterocycles. The monoisotopic (exact) mass is 578 g/mol. The largest absolute Gasteiger partial charge is 0.493 e. The third kappa shape index (κ3) is 11.2. The normalized spacial score (nSPS) is 16.7. The minimum Gasteiger partial charge on any atom is -0.493 e. The van der Waals surface area contributed by atoms with Gasteiger partial charge < -0.3 is 20.5 Å². The molecule has 4 atom stereocenters. The first kappa shape index (κ1) is 33.3. The third-order valence-electron chi connectivity index (χ3n) is 8.42. The first-order valence-electron chi connectivity index (χ1n) is 15.6. The van der Waals surface area contributed by atoms with Crippen molar-refractivity contribution in [3.63, 3.8) is 0 Å². The maximum absolute atomic E-state index is 13.5. The highest BCUT2D eigenvalue weighted by Crippen LogP contribution is 2.35. The van der Waals surface area contributed by atoms with E-state index in [1.165, 1.54) is 13.3 Å². The average molecular weight is 579 g/mol. The van der Waals surface area contributed by atoms with Gasteiger partial charge in [-0.05, 0) is 55.2 Å². The van der Waals surface area contributed by atoms with E-state index < -0.39 is 18.2 Å². The number of ketones is 1. The Kier molecular flexibility index (Phi) is 13.5. The van der Waals surface area contributed by atoms with Gasteiger partial charge in [0, 0.05) is 13.3 Å². The Balaban J connectivity index is 1.71. The number of aliphatic hydroxyl groups excluding tert-OH is 1. The number of benzene rings is 2. The molecule has 0 saturated heterocycles. The van der Waals surface area contributed by atoms with Gasteiger partial charge in [-0.3, -0.25) is 14.4 Å². The predicted octanol–water partition coefficient (Wildman–Crippen LogP) is 5.56. The molecule has 1 aliphatic carbocycles. The van der Waals surface area contributed by atoms with Crippen molar-refractivity contribution in [1.29, 1.82) is 0 Å². The highest BCUT2D eigenvalue weighted by molar-refractivity contribution is 5.88. The van der Waals surface area contributed by atoms with Crippen LogP contribution in [0.3, 0.4) is 0 Å². The summed E-state index contributed by atoms with van der Waals surface area (Å²) in [4.78, 5) is 38.3. The van der Waals surface area contributed by atoms with Crippen LogP contribution in [0.1, 0.15) is 83.3 Å². The van der Waals surface area contributed by atoms with Gasteiger partial charge in [-0.1, -0.05) is 94.0 Å². The van der Waals surface area contributed by atoms with Gasteiger partial charge in [-0.25, -0.2) is 0 Å². The van der Waals surface area contributed by atoms with Crippen LogP contribution in [0.4, 0.5) is 0 Å². The number of amides is 2. The molecule has 0 unspecified atom stereocenters. The van der Waals surface area contributed by atoms with Gasteiger partial charge in [0.1, 0.15) is 5.75 Å². The fourth-order valence-electron chi connectivity index (χ4n) is 6.07. The van der Waals surface area contributed by atoms with Crippen LogP contribution in [-0.2, 0) is 20.8 Å². The molecular formula is C35H50N2O5. The number of nitrogens with one attached hydrogen (secondary N) is 2. The van der Waals surface area contributed by atoms with Crippen molar-refractivity contribution in [2.45, 2.75) is 104 Å². The average Bonchev–Trinajstić information content (AvgIpc) is 2.97. The lowest BCUT2D eigenvalue weighted by Crippen LogP contribution is -2.47. The quantitative estimate of drug-likeness (QED) is 0.242. The number of aliphatic hydroxyl groups is 1. The zero-order chi connectivity index (χ0) is 30.5. The van der Waals surface area contributed by atoms with E-state index in [4.69, 9.17) is 4.74 Å². The lowest BCUT2D eigenvalue weighted by Gasteiger charge is -2.35. The third-order valence-corrected chi connectivity index (χ3v) is 8.42. The highest BCUT2D eigenvalue weighted by Gasteiger charge is 2.34. The standard InChI is InChI=1S/C35H50N2O5/c1-24(2)35(36-26(4)38)33(40)23-29(28-13-9-6-10-14-28)22-32(39)31(21-27-11-7-5-8-12-27)37-34(41)19-20-42-30-17-15-25(3)16-18-30/h5,7-8,11-12,15-18,24,28-29,31-32,35,39H,6,9-10,13-14,19-23H2,1-4H3,(H,36,38)(H,37,41)/t29-,31-,32-,35-/m0/s1. The molecule has 0 bridgehead atoms. The Morgan fingerprint density at radius 2 is 1.62 bits per heavy atom. The molecule has 0 aliphatic heterocycles. The summed E-state index contributed by atoms with van der Waals surface area (Å²) in [5.41, 5.74) is 2.16. The molecule has 0 heterocycles. The molecule has 0 radical (unpaired) electrons. The van der Waals surface area contributed by atoms with Gasteiger partial charge in [0.25, 0.3) is 0 Å². The molecule has 42 heavy (non-hydrogen) atoms. The van der Waals surface area contributed by atoms with Crippen LogP contribution < -0.4 is 15.4 Å². The summed E-state index contributed by atoms with van der Waals surface area (Å²) in [6.45, 7) is 7.57. The van der Waals surface area contributed by atoms with Crippen LogP contribution >= 0.6 is 0 Å². The Morgan fingerprint density at radius 1 is 0.952 bits per heavy atom. The van der Waals surface area contributed by atoms with Crippen LogP contribution in [0.2, 0.25) is 0 Å². The molecule has 1 fully saturated rings. The van der Waals surface area contributed by atoms with Crippen LogP contribution in [-0.4, -0.2) is 47.5 Å². The Hall–Kier alpha value is -3.19. The number of Topliss-reactive ketones (excluding diaryl/α,β-unsaturated/α-hetero) is 1. The first-order valence-corrected chi connectivity index (χ1v) is 15.6. The highest BCUT2D eigenvalue weighted by atomic mass is 16.5. The van der Waals surface area contributed by atoms with E-state index in [-0.39, 0.29) is 42.5 Å². The number of hydrogen-bond acceptors (Lipinski definition) is 5. The summed E-state index contributed by atoms with van der Waals surface area (Å²) in [5, 5.41) is 17.5. The van der Waals surface area contributed by atoms with Crippen LogP contribution in [0.5, 0.6) is 5.75 Å². The first-order chi connectivity index (χ1) is 20.1. The smallest absolute Gasteiger partial charge is 0.223 e. The van der Waals surface area contributed by atoms with E-state index in [1.54, 1.807) is 0 Å². The summed E-state index contributed by atoms with van der Waals surface area (Å²) in [7, 11) is 0. The lowest BCUT2D eigenvalue weighted by molar-refractivity contribution is -0.129. The molecule has 3 rings (SSSR count).